The second kappa shape index (κ2) is 7.73. The molecule has 0 saturated carbocycles. The van der Waals surface area contributed by atoms with Crippen molar-refractivity contribution in [2.75, 3.05) is 0 Å². The molecule has 166 valence electrons. The highest BCUT2D eigenvalue weighted by molar-refractivity contribution is 5.92. The summed E-state index contributed by atoms with van der Waals surface area (Å²) in [7, 11) is 0. The number of hydrogen-bond acceptors (Lipinski definition) is 4. The van der Waals surface area contributed by atoms with E-state index in [0.717, 1.165) is 15.9 Å². The summed E-state index contributed by atoms with van der Waals surface area (Å²) in [5, 5.41) is 8.93. The molecule has 0 radical (unpaired) electrons. The van der Waals surface area contributed by atoms with E-state index in [9.17, 15) is 13.6 Å². The molecule has 0 atom stereocenters. The van der Waals surface area contributed by atoms with Crippen molar-refractivity contribution >= 4 is 10.9 Å². The number of para-hydroxylation sites is 1. The zero-order valence-corrected chi connectivity index (χ0v) is 17.6. The van der Waals surface area contributed by atoms with E-state index in [4.69, 9.17) is 0 Å². The van der Waals surface area contributed by atoms with Crippen LogP contribution in [0.2, 0.25) is 0 Å². The van der Waals surface area contributed by atoms with E-state index in [0.29, 0.717) is 12.1 Å². The Labute approximate surface area is 191 Å². The van der Waals surface area contributed by atoms with Crippen molar-refractivity contribution in [2.24, 2.45) is 0 Å². The minimum Gasteiger partial charge on any atom is -0.306 e. The number of benzene rings is 3. The topological polar surface area (TPSA) is 70.5 Å². The fourth-order valence-electron chi connectivity index (χ4n) is 4.06. The first-order chi connectivity index (χ1) is 16.6. The van der Waals surface area contributed by atoms with Gasteiger partial charge in [0.25, 0.3) is 0 Å². The highest BCUT2D eigenvalue weighted by Gasteiger charge is 2.25. The second-order valence-electron chi connectivity index (χ2n) is 7.79. The number of aromatic nitrogens is 6. The van der Waals surface area contributed by atoms with Crippen LogP contribution in [-0.2, 0) is 6.54 Å². The van der Waals surface area contributed by atoms with Gasteiger partial charge in [-0.05, 0) is 42.0 Å². The maximum Gasteiger partial charge on any atom is 0.301 e. The summed E-state index contributed by atoms with van der Waals surface area (Å²) in [5.41, 5.74) is 1.75. The van der Waals surface area contributed by atoms with Crippen molar-refractivity contribution in [3.05, 3.63) is 113 Å². The third kappa shape index (κ3) is 3.17. The van der Waals surface area contributed by atoms with E-state index in [1.807, 2.05) is 35.0 Å². The van der Waals surface area contributed by atoms with Crippen molar-refractivity contribution in [3.8, 4) is 22.8 Å². The van der Waals surface area contributed by atoms with Gasteiger partial charge in [0.15, 0.2) is 5.69 Å². The molecule has 0 spiro atoms. The minimum absolute atomic E-state index is 0.0170. The molecule has 7 nitrogen and oxygen atoms in total. The number of fused-ring (bicyclic) bond motifs is 3. The Balaban J connectivity index is 1.51. The molecule has 9 heteroatoms. The van der Waals surface area contributed by atoms with Crippen molar-refractivity contribution < 1.29 is 8.78 Å². The summed E-state index contributed by atoms with van der Waals surface area (Å²) in [6, 6.07) is 18.1. The van der Waals surface area contributed by atoms with Crippen LogP contribution in [-0.4, -0.2) is 29.1 Å². The van der Waals surface area contributed by atoms with Crippen molar-refractivity contribution in [1.82, 2.24) is 29.1 Å². The largest absolute Gasteiger partial charge is 0.306 e. The van der Waals surface area contributed by atoms with Gasteiger partial charge in [0, 0.05) is 18.1 Å². The Morgan fingerprint density at radius 1 is 0.824 bits per heavy atom. The second-order valence-corrected chi connectivity index (χ2v) is 7.79. The van der Waals surface area contributed by atoms with Crippen LogP contribution in [0.4, 0.5) is 8.78 Å². The molecule has 6 rings (SSSR count). The average molecular weight is 454 g/mol. The number of nitrogens with zero attached hydrogens (tertiary/aromatic N) is 6. The molecule has 34 heavy (non-hydrogen) atoms. The normalized spacial score (nSPS) is 11.5. The van der Waals surface area contributed by atoms with Crippen LogP contribution in [0.3, 0.4) is 0 Å². The molecular weight excluding hydrogens is 438 g/mol. The first-order valence-corrected chi connectivity index (χ1v) is 10.5. The highest BCUT2D eigenvalue weighted by atomic mass is 19.1. The van der Waals surface area contributed by atoms with Gasteiger partial charge in [-0.2, -0.15) is 14.9 Å². The molecule has 0 bridgehead atoms. The first-order valence-electron chi connectivity index (χ1n) is 10.5. The number of rotatable bonds is 4. The third-order valence-electron chi connectivity index (χ3n) is 5.70. The molecule has 1 aromatic heterocycles. The van der Waals surface area contributed by atoms with Gasteiger partial charge >= 0.3 is 5.56 Å². The molecule has 0 unspecified atom stereocenters. The molecule has 0 aliphatic carbocycles. The number of halogens is 2. The maximum atomic E-state index is 15.0. The summed E-state index contributed by atoms with van der Waals surface area (Å²) in [4.78, 5) is 17.2. The van der Waals surface area contributed by atoms with Gasteiger partial charge in [-0.3, -0.25) is 9.48 Å². The molecule has 0 fully saturated rings. The van der Waals surface area contributed by atoms with Crippen LogP contribution >= 0.6 is 0 Å². The van der Waals surface area contributed by atoms with Gasteiger partial charge in [-0.15, -0.1) is 0 Å². The molecule has 4 aromatic rings. The third-order valence-corrected chi connectivity index (χ3v) is 5.70. The summed E-state index contributed by atoms with van der Waals surface area (Å²) < 4.78 is 33.8. The molecule has 0 saturated heterocycles. The lowest BCUT2D eigenvalue weighted by Gasteiger charge is -2.13. The summed E-state index contributed by atoms with van der Waals surface area (Å²) in [5.74, 6) is -1.14. The number of imidazole rings is 1. The SMILES string of the molecule is O=c1c2nn(Cc3ccc(-n4ccnc4)cc3)c3cccc(F)c3c-2nn1-c1ccccc1F. The first kappa shape index (κ1) is 20.0. The van der Waals surface area contributed by atoms with Crippen LogP contribution in [0.15, 0.2) is 90.2 Å². The lowest BCUT2D eigenvalue weighted by molar-refractivity contribution is 0.609. The smallest absolute Gasteiger partial charge is 0.301 e. The Kier molecular flexibility index (Phi) is 4.54. The number of hydrogen-bond donors (Lipinski definition) is 0. The van der Waals surface area contributed by atoms with Gasteiger partial charge in [0.2, 0.25) is 0 Å². The van der Waals surface area contributed by atoms with Gasteiger partial charge in [0.1, 0.15) is 23.0 Å². The van der Waals surface area contributed by atoms with Crippen molar-refractivity contribution in [2.45, 2.75) is 6.54 Å². The van der Waals surface area contributed by atoms with Crippen LogP contribution in [0.5, 0.6) is 0 Å². The Hall–Kier alpha value is -4.66. The fraction of sp³-hybridized carbons (Fsp3) is 0.0400. The minimum atomic E-state index is -0.616. The van der Waals surface area contributed by atoms with Gasteiger partial charge in [-0.25, -0.2) is 13.8 Å². The van der Waals surface area contributed by atoms with E-state index >= 15 is 0 Å². The zero-order chi connectivity index (χ0) is 23.2. The molecular formula is C25H16F2N6O. The monoisotopic (exact) mass is 454 g/mol. The Bertz CT molecular complexity index is 1670. The van der Waals surface area contributed by atoms with Gasteiger partial charge in [-0.1, -0.05) is 30.3 Å². The fourth-order valence-corrected chi connectivity index (χ4v) is 4.06. The summed E-state index contributed by atoms with van der Waals surface area (Å²) in [6.07, 6.45) is 5.25. The van der Waals surface area contributed by atoms with Crippen molar-refractivity contribution in [3.63, 3.8) is 0 Å². The van der Waals surface area contributed by atoms with E-state index in [1.165, 1.54) is 24.3 Å². The van der Waals surface area contributed by atoms with E-state index in [1.54, 1.807) is 35.4 Å². The Morgan fingerprint density at radius 2 is 1.62 bits per heavy atom. The lowest BCUT2D eigenvalue weighted by Crippen LogP contribution is -2.18. The van der Waals surface area contributed by atoms with Crippen LogP contribution in [0.1, 0.15) is 5.56 Å². The molecule has 0 amide bonds. The average Bonchev–Trinajstić information content (AvgIpc) is 3.49. The van der Waals surface area contributed by atoms with Crippen LogP contribution in [0, 0.1) is 11.6 Å². The van der Waals surface area contributed by atoms with Crippen molar-refractivity contribution in [1.29, 1.82) is 0 Å². The van der Waals surface area contributed by atoms with Crippen LogP contribution in [0.25, 0.3) is 33.7 Å². The van der Waals surface area contributed by atoms with E-state index in [-0.39, 0.29) is 22.5 Å². The van der Waals surface area contributed by atoms with E-state index in [2.05, 4.69) is 15.2 Å². The standard InChI is InChI=1S/C25H16F2N6O/c26-18-4-1-2-6-20(18)33-25(34)24-23(30-33)22-19(27)5-3-7-21(22)32(29-24)14-16-8-10-17(11-9-16)31-13-12-28-15-31/h1-13,15H,14H2. The Morgan fingerprint density at radius 3 is 2.38 bits per heavy atom. The van der Waals surface area contributed by atoms with Gasteiger partial charge < -0.3 is 4.57 Å². The quantitative estimate of drug-likeness (QED) is 0.400. The van der Waals surface area contributed by atoms with Crippen LogP contribution < -0.4 is 5.56 Å². The predicted molar refractivity (Wildman–Crippen MR) is 122 cm³/mol. The molecule has 3 heterocycles. The zero-order valence-electron chi connectivity index (χ0n) is 17.6. The molecule has 3 aromatic carbocycles. The molecule has 2 aliphatic rings. The summed E-state index contributed by atoms with van der Waals surface area (Å²) in [6.45, 7) is 0.296. The summed E-state index contributed by atoms with van der Waals surface area (Å²) >= 11 is 0. The molecule has 0 N–H and O–H groups in total. The maximum absolute atomic E-state index is 15.0. The highest BCUT2D eigenvalue weighted by Crippen LogP contribution is 2.29. The molecule has 2 aliphatic heterocycles. The lowest BCUT2D eigenvalue weighted by atomic mass is 10.1. The predicted octanol–water partition coefficient (Wildman–Crippen LogP) is 4.20. The van der Waals surface area contributed by atoms with E-state index < -0.39 is 17.2 Å². The van der Waals surface area contributed by atoms with Gasteiger partial charge in [0.05, 0.1) is 23.8 Å².